The van der Waals surface area contributed by atoms with Gasteiger partial charge in [0.05, 0.1) is 6.04 Å². The second kappa shape index (κ2) is 7.03. The van der Waals surface area contributed by atoms with Gasteiger partial charge in [0.1, 0.15) is 12.1 Å². The number of aryl methyl sites for hydroxylation is 1. The average molecular weight is 395 g/mol. The number of benzene rings is 1. The first-order valence-electron chi connectivity index (χ1n) is 8.32. The van der Waals surface area contributed by atoms with Crippen molar-refractivity contribution in [2.75, 3.05) is 5.32 Å². The summed E-state index contributed by atoms with van der Waals surface area (Å²) < 4.78 is 39.3. The molecule has 9 heteroatoms. The Balaban J connectivity index is 1.94. The maximum atomic E-state index is 12.6. The first-order chi connectivity index (χ1) is 12.5. The topological polar surface area (TPSA) is 55.1 Å². The van der Waals surface area contributed by atoms with Crippen LogP contribution in [-0.2, 0) is 0 Å². The van der Waals surface area contributed by atoms with Crippen molar-refractivity contribution in [3.63, 3.8) is 0 Å². The van der Waals surface area contributed by atoms with Gasteiger partial charge >= 0.3 is 5.51 Å². The number of halogens is 3. The van der Waals surface area contributed by atoms with E-state index < -0.39 is 5.51 Å². The lowest BCUT2D eigenvalue weighted by atomic mass is 9.82. The zero-order valence-electron chi connectivity index (χ0n) is 15.4. The van der Waals surface area contributed by atoms with E-state index in [1.54, 1.807) is 16.6 Å². The van der Waals surface area contributed by atoms with Gasteiger partial charge in [-0.25, -0.2) is 4.98 Å². The maximum absolute atomic E-state index is 12.6. The molecule has 2 heterocycles. The van der Waals surface area contributed by atoms with Gasteiger partial charge in [0.15, 0.2) is 0 Å². The summed E-state index contributed by atoms with van der Waals surface area (Å²) in [5, 5.41) is 7.66. The first-order valence-corrected chi connectivity index (χ1v) is 9.14. The minimum Gasteiger partial charge on any atom is -0.363 e. The van der Waals surface area contributed by atoms with Gasteiger partial charge in [-0.1, -0.05) is 32.9 Å². The lowest BCUT2D eigenvalue weighted by Gasteiger charge is -2.33. The molecule has 0 amide bonds. The molecule has 1 aromatic carbocycles. The standard InChI is InChI=1S/C18H20F3N5S/c1-11-9-14(26-16(24-11)22-10-23-26)25-15(17(2,3)4)12-5-7-13(8-6-12)27-18(19,20)21/h5-10,15,25H,1-4H3. The third-order valence-corrected chi connectivity index (χ3v) is 4.72. The predicted molar refractivity (Wildman–Crippen MR) is 99.7 cm³/mol. The second-order valence-corrected chi connectivity index (χ2v) is 8.45. The summed E-state index contributed by atoms with van der Waals surface area (Å²) in [4.78, 5) is 8.61. The fraction of sp³-hybridized carbons (Fsp3) is 0.389. The van der Waals surface area contributed by atoms with Crippen LogP contribution in [0.15, 0.2) is 41.6 Å². The van der Waals surface area contributed by atoms with E-state index in [0.29, 0.717) is 5.78 Å². The number of hydrogen-bond donors (Lipinski definition) is 1. The van der Waals surface area contributed by atoms with Crippen molar-refractivity contribution in [1.82, 2.24) is 19.6 Å². The summed E-state index contributed by atoms with van der Waals surface area (Å²) in [6.45, 7) is 8.07. The predicted octanol–water partition coefficient (Wildman–Crippen LogP) is 5.24. The largest absolute Gasteiger partial charge is 0.446 e. The lowest BCUT2D eigenvalue weighted by Crippen LogP contribution is -2.27. The zero-order chi connectivity index (χ0) is 19.8. The molecule has 27 heavy (non-hydrogen) atoms. The van der Waals surface area contributed by atoms with Crippen LogP contribution in [0.1, 0.15) is 38.1 Å². The smallest absolute Gasteiger partial charge is 0.363 e. The second-order valence-electron chi connectivity index (χ2n) is 7.31. The highest BCUT2D eigenvalue weighted by Gasteiger charge is 2.30. The lowest BCUT2D eigenvalue weighted by molar-refractivity contribution is -0.0328. The minimum absolute atomic E-state index is 0.113. The van der Waals surface area contributed by atoms with Gasteiger partial charge in [-0.2, -0.15) is 27.8 Å². The van der Waals surface area contributed by atoms with Crippen LogP contribution in [0.3, 0.4) is 0 Å². The molecule has 0 fully saturated rings. The summed E-state index contributed by atoms with van der Waals surface area (Å²) in [6, 6.07) is 8.16. The van der Waals surface area contributed by atoms with Crippen LogP contribution in [0.2, 0.25) is 0 Å². The van der Waals surface area contributed by atoms with Crippen LogP contribution >= 0.6 is 11.8 Å². The van der Waals surface area contributed by atoms with Crippen LogP contribution in [0.5, 0.6) is 0 Å². The van der Waals surface area contributed by atoms with Gasteiger partial charge in [0.25, 0.3) is 5.78 Å². The number of aromatic nitrogens is 4. The van der Waals surface area contributed by atoms with Crippen LogP contribution in [0.4, 0.5) is 19.0 Å². The molecule has 3 aromatic rings. The number of nitrogens with zero attached hydrogens (tertiary/aromatic N) is 4. The quantitative estimate of drug-likeness (QED) is 0.612. The number of alkyl halides is 3. The Morgan fingerprint density at radius 2 is 1.78 bits per heavy atom. The van der Waals surface area contributed by atoms with E-state index in [4.69, 9.17) is 0 Å². The number of thioether (sulfide) groups is 1. The Morgan fingerprint density at radius 1 is 1.11 bits per heavy atom. The molecule has 5 nitrogen and oxygen atoms in total. The highest BCUT2D eigenvalue weighted by Crippen LogP contribution is 2.39. The molecule has 2 aromatic heterocycles. The van der Waals surface area contributed by atoms with Crippen LogP contribution < -0.4 is 5.32 Å². The van der Waals surface area contributed by atoms with E-state index in [2.05, 4.69) is 41.2 Å². The average Bonchev–Trinajstić information content (AvgIpc) is 2.99. The Bertz CT molecular complexity index is 929. The summed E-state index contributed by atoms with van der Waals surface area (Å²) in [6.07, 6.45) is 1.43. The molecule has 0 aliphatic heterocycles. The molecule has 0 spiro atoms. The van der Waals surface area contributed by atoms with E-state index in [9.17, 15) is 13.2 Å². The summed E-state index contributed by atoms with van der Waals surface area (Å²) in [7, 11) is 0. The Kier molecular flexibility index (Phi) is 5.07. The van der Waals surface area contributed by atoms with Crippen molar-refractivity contribution in [2.45, 2.75) is 44.1 Å². The number of anilines is 1. The Hall–Kier alpha value is -2.29. The first kappa shape index (κ1) is 19.5. The van der Waals surface area contributed by atoms with Gasteiger partial charge in [-0.05, 0) is 41.8 Å². The van der Waals surface area contributed by atoms with Gasteiger partial charge in [-0.15, -0.1) is 0 Å². The summed E-state index contributed by atoms with van der Waals surface area (Å²) in [5.41, 5.74) is -2.82. The van der Waals surface area contributed by atoms with E-state index in [1.165, 1.54) is 18.5 Å². The third kappa shape index (κ3) is 4.71. The maximum Gasteiger partial charge on any atom is 0.446 e. The molecule has 0 aliphatic rings. The van der Waals surface area contributed by atoms with Gasteiger partial charge in [-0.3, -0.25) is 0 Å². The highest BCUT2D eigenvalue weighted by molar-refractivity contribution is 8.00. The van der Waals surface area contributed by atoms with Gasteiger partial charge < -0.3 is 5.32 Å². The molecule has 0 aliphatic carbocycles. The highest BCUT2D eigenvalue weighted by atomic mass is 32.2. The molecule has 1 unspecified atom stereocenters. The number of nitrogens with one attached hydrogen (secondary N) is 1. The van der Waals surface area contributed by atoms with Crippen LogP contribution in [0, 0.1) is 12.3 Å². The molecule has 3 rings (SSSR count). The normalized spacial score (nSPS) is 13.7. The molecule has 0 saturated carbocycles. The molecule has 0 bridgehead atoms. The number of hydrogen-bond acceptors (Lipinski definition) is 5. The Morgan fingerprint density at radius 3 is 2.37 bits per heavy atom. The van der Waals surface area contributed by atoms with E-state index in [0.717, 1.165) is 17.1 Å². The molecule has 1 atom stereocenters. The number of rotatable bonds is 4. The van der Waals surface area contributed by atoms with Crippen LogP contribution in [-0.4, -0.2) is 25.1 Å². The van der Waals surface area contributed by atoms with E-state index in [1.807, 2.05) is 13.0 Å². The molecule has 144 valence electrons. The van der Waals surface area contributed by atoms with Crippen molar-refractivity contribution in [3.8, 4) is 0 Å². The fourth-order valence-corrected chi connectivity index (χ4v) is 3.38. The molecular weight excluding hydrogens is 375 g/mol. The molecule has 1 N–H and O–H groups in total. The van der Waals surface area contributed by atoms with Gasteiger partial charge in [0, 0.05) is 16.7 Å². The van der Waals surface area contributed by atoms with Crippen molar-refractivity contribution >= 4 is 23.4 Å². The van der Waals surface area contributed by atoms with E-state index in [-0.39, 0.29) is 28.1 Å². The van der Waals surface area contributed by atoms with Crippen molar-refractivity contribution < 1.29 is 13.2 Å². The zero-order valence-corrected chi connectivity index (χ0v) is 16.2. The SMILES string of the molecule is Cc1cc(NC(c2ccc(SC(F)(F)F)cc2)C(C)(C)C)n2ncnc2n1. The Labute approximate surface area is 159 Å². The van der Waals surface area contributed by atoms with Crippen LogP contribution in [0.25, 0.3) is 5.78 Å². The minimum atomic E-state index is -4.30. The van der Waals surface area contributed by atoms with E-state index >= 15 is 0 Å². The van der Waals surface area contributed by atoms with Crippen molar-refractivity contribution in [3.05, 3.63) is 47.9 Å². The van der Waals surface area contributed by atoms with Crippen molar-refractivity contribution in [2.24, 2.45) is 5.41 Å². The van der Waals surface area contributed by atoms with Crippen molar-refractivity contribution in [1.29, 1.82) is 0 Å². The molecule has 0 radical (unpaired) electrons. The summed E-state index contributed by atoms with van der Waals surface area (Å²) >= 11 is -0.113. The number of fused-ring (bicyclic) bond motifs is 1. The molecular formula is C18H20F3N5S. The molecule has 0 saturated heterocycles. The summed E-state index contributed by atoms with van der Waals surface area (Å²) in [5.74, 6) is 1.21. The fourth-order valence-electron chi connectivity index (χ4n) is 2.84. The van der Waals surface area contributed by atoms with Gasteiger partial charge in [0.2, 0.25) is 0 Å². The third-order valence-electron chi connectivity index (χ3n) is 3.99. The monoisotopic (exact) mass is 395 g/mol.